The highest BCUT2D eigenvalue weighted by molar-refractivity contribution is 5.60. The van der Waals surface area contributed by atoms with E-state index in [1.54, 1.807) is 36.5 Å². The summed E-state index contributed by atoms with van der Waals surface area (Å²) in [5, 5.41) is 16.6. The second-order valence-electron chi connectivity index (χ2n) is 5.53. The average molecular weight is 358 g/mol. The van der Waals surface area contributed by atoms with Crippen LogP contribution in [-0.2, 0) is 4.74 Å². The first-order valence-electron chi connectivity index (χ1n) is 8.22. The van der Waals surface area contributed by atoms with Crippen LogP contribution in [-0.4, -0.2) is 46.1 Å². The van der Waals surface area contributed by atoms with Crippen LogP contribution in [0.15, 0.2) is 47.1 Å². The fourth-order valence-electron chi connectivity index (χ4n) is 2.25. The monoisotopic (exact) mass is 358 g/mol. The smallest absolute Gasteiger partial charge is 0.259 e. The quantitative estimate of drug-likeness (QED) is 0.639. The third kappa shape index (κ3) is 4.41. The molecule has 0 saturated heterocycles. The zero-order valence-corrected chi connectivity index (χ0v) is 14.2. The third-order valence-electron chi connectivity index (χ3n) is 3.58. The van der Waals surface area contributed by atoms with Gasteiger partial charge in [-0.1, -0.05) is 17.3 Å². The van der Waals surface area contributed by atoms with Crippen molar-refractivity contribution in [2.75, 3.05) is 25.1 Å². The van der Waals surface area contributed by atoms with E-state index in [0.29, 0.717) is 24.5 Å². The number of ether oxygens (including phenoxy) is 1. The van der Waals surface area contributed by atoms with Gasteiger partial charge in [-0.15, -0.1) is 0 Å². The Bertz CT molecular complexity index is 838. The average Bonchev–Trinajstić information content (AvgIpc) is 3.15. The Morgan fingerprint density at radius 2 is 2.12 bits per heavy atom. The molecule has 26 heavy (non-hydrogen) atoms. The second-order valence-corrected chi connectivity index (χ2v) is 5.53. The minimum Gasteiger partial charge on any atom is -0.389 e. The lowest BCUT2D eigenvalue weighted by atomic mass is 10.2. The molecule has 0 aliphatic rings. The molecule has 136 valence electrons. The molecule has 3 rings (SSSR count). The second kappa shape index (κ2) is 8.50. The van der Waals surface area contributed by atoms with Crippen molar-refractivity contribution in [1.82, 2.24) is 15.1 Å². The van der Waals surface area contributed by atoms with Gasteiger partial charge in [0.05, 0.1) is 23.8 Å². The normalized spacial score (nSPS) is 12.1. The molecule has 7 nitrogen and oxygen atoms in total. The number of aliphatic hydroxyl groups is 1. The highest BCUT2D eigenvalue weighted by Gasteiger charge is 2.14. The van der Waals surface area contributed by atoms with Crippen molar-refractivity contribution in [2.45, 2.75) is 13.0 Å². The number of rotatable bonds is 8. The number of nitrogens with zero attached hydrogens (tertiary/aromatic N) is 3. The number of nitrogens with one attached hydrogen (secondary N) is 1. The van der Waals surface area contributed by atoms with E-state index in [9.17, 15) is 9.50 Å². The van der Waals surface area contributed by atoms with Gasteiger partial charge in [0.1, 0.15) is 11.6 Å². The molecule has 0 aliphatic heterocycles. The van der Waals surface area contributed by atoms with Crippen LogP contribution in [0, 0.1) is 5.82 Å². The summed E-state index contributed by atoms with van der Waals surface area (Å²) in [5.41, 5.74) is 0.887. The Labute approximate surface area is 149 Å². The molecule has 0 aliphatic carbocycles. The van der Waals surface area contributed by atoms with E-state index in [1.165, 1.54) is 6.07 Å². The standard InChI is InChI=1S/C18H19FN4O3/c1-2-25-11-13(24)10-21-16-8-7-12(9-20-16)18-22-17(23-26-18)14-5-3-4-6-15(14)19/h3-9,13,24H,2,10-11H2,1H3,(H,20,21). The predicted octanol–water partition coefficient (Wildman–Crippen LogP) is 2.75. The Hall–Kier alpha value is -2.84. The number of hydrogen-bond acceptors (Lipinski definition) is 7. The van der Waals surface area contributed by atoms with Gasteiger partial charge in [0.15, 0.2) is 0 Å². The first-order valence-corrected chi connectivity index (χ1v) is 8.22. The molecular formula is C18H19FN4O3. The van der Waals surface area contributed by atoms with Gasteiger partial charge in [-0.25, -0.2) is 9.37 Å². The molecule has 0 saturated carbocycles. The highest BCUT2D eigenvalue weighted by atomic mass is 19.1. The van der Waals surface area contributed by atoms with E-state index < -0.39 is 11.9 Å². The van der Waals surface area contributed by atoms with Gasteiger partial charge in [0.2, 0.25) is 5.82 Å². The number of anilines is 1. The molecule has 1 unspecified atom stereocenters. The van der Waals surface area contributed by atoms with E-state index in [4.69, 9.17) is 9.26 Å². The number of hydrogen-bond donors (Lipinski definition) is 2. The van der Waals surface area contributed by atoms with Crippen LogP contribution in [0.25, 0.3) is 22.8 Å². The minimum atomic E-state index is -0.615. The van der Waals surface area contributed by atoms with Crippen molar-refractivity contribution >= 4 is 5.82 Å². The van der Waals surface area contributed by atoms with Crippen molar-refractivity contribution < 1.29 is 18.8 Å². The van der Waals surface area contributed by atoms with Crippen molar-refractivity contribution in [2.24, 2.45) is 0 Å². The fourth-order valence-corrected chi connectivity index (χ4v) is 2.25. The van der Waals surface area contributed by atoms with Crippen molar-refractivity contribution in [1.29, 1.82) is 0 Å². The van der Waals surface area contributed by atoms with Gasteiger partial charge in [-0.05, 0) is 31.2 Å². The summed E-state index contributed by atoms with van der Waals surface area (Å²) in [5.74, 6) is 0.610. The number of aliphatic hydroxyl groups excluding tert-OH is 1. The molecule has 1 atom stereocenters. The van der Waals surface area contributed by atoms with Gasteiger partial charge >= 0.3 is 0 Å². The maximum Gasteiger partial charge on any atom is 0.259 e. The topological polar surface area (TPSA) is 93.3 Å². The van der Waals surface area contributed by atoms with Crippen LogP contribution < -0.4 is 5.32 Å². The Morgan fingerprint density at radius 1 is 1.27 bits per heavy atom. The van der Waals surface area contributed by atoms with Gasteiger partial charge < -0.3 is 19.7 Å². The van der Waals surface area contributed by atoms with Crippen molar-refractivity contribution in [3.8, 4) is 22.8 Å². The van der Waals surface area contributed by atoms with E-state index >= 15 is 0 Å². The fraction of sp³-hybridized carbons (Fsp3) is 0.278. The first-order chi connectivity index (χ1) is 12.7. The molecule has 2 heterocycles. The van der Waals surface area contributed by atoms with Crippen molar-refractivity contribution in [3.63, 3.8) is 0 Å². The van der Waals surface area contributed by atoms with Crippen LogP contribution >= 0.6 is 0 Å². The van der Waals surface area contributed by atoms with Gasteiger partial charge in [0, 0.05) is 19.3 Å². The summed E-state index contributed by atoms with van der Waals surface area (Å²) in [6.45, 7) is 3.02. The number of benzene rings is 1. The molecule has 0 bridgehead atoms. The molecule has 1 aromatic carbocycles. The summed E-state index contributed by atoms with van der Waals surface area (Å²) in [4.78, 5) is 8.46. The summed E-state index contributed by atoms with van der Waals surface area (Å²) in [6, 6.07) is 9.71. The lowest BCUT2D eigenvalue weighted by Gasteiger charge is -2.11. The maximum absolute atomic E-state index is 13.8. The van der Waals surface area contributed by atoms with E-state index in [1.807, 2.05) is 6.92 Å². The summed E-state index contributed by atoms with van der Waals surface area (Å²) in [7, 11) is 0. The number of halogens is 1. The number of pyridine rings is 1. The maximum atomic E-state index is 13.8. The molecular weight excluding hydrogens is 339 g/mol. The summed E-state index contributed by atoms with van der Waals surface area (Å²) in [6.07, 6.45) is 0.950. The predicted molar refractivity (Wildman–Crippen MR) is 93.9 cm³/mol. The van der Waals surface area contributed by atoms with Crippen LogP contribution in [0.2, 0.25) is 0 Å². The Balaban J connectivity index is 1.65. The molecule has 8 heteroatoms. The molecule has 2 N–H and O–H groups in total. The van der Waals surface area contributed by atoms with Crippen LogP contribution in [0.1, 0.15) is 6.92 Å². The van der Waals surface area contributed by atoms with Crippen molar-refractivity contribution in [3.05, 3.63) is 48.4 Å². The molecule has 0 spiro atoms. The van der Waals surface area contributed by atoms with Gasteiger partial charge in [-0.2, -0.15) is 4.98 Å². The van der Waals surface area contributed by atoms with Gasteiger partial charge in [-0.3, -0.25) is 0 Å². The molecule has 0 amide bonds. The molecule has 0 radical (unpaired) electrons. The minimum absolute atomic E-state index is 0.180. The lowest BCUT2D eigenvalue weighted by molar-refractivity contribution is 0.0495. The number of aromatic nitrogens is 3. The zero-order chi connectivity index (χ0) is 18.4. The van der Waals surface area contributed by atoms with E-state index in [2.05, 4.69) is 20.4 Å². The molecule has 0 fully saturated rings. The van der Waals surface area contributed by atoms with Gasteiger partial charge in [0.25, 0.3) is 5.89 Å². The first kappa shape index (κ1) is 18.0. The Morgan fingerprint density at radius 3 is 2.85 bits per heavy atom. The lowest BCUT2D eigenvalue weighted by Crippen LogP contribution is -2.25. The molecule has 3 aromatic rings. The summed E-state index contributed by atoms with van der Waals surface area (Å²) < 4.78 is 24.1. The van der Waals surface area contributed by atoms with Crippen LogP contribution in [0.5, 0.6) is 0 Å². The highest BCUT2D eigenvalue weighted by Crippen LogP contribution is 2.24. The Kier molecular flexibility index (Phi) is 5.88. The molecule has 2 aromatic heterocycles. The third-order valence-corrected chi connectivity index (χ3v) is 3.58. The largest absolute Gasteiger partial charge is 0.389 e. The SMILES string of the molecule is CCOCC(O)CNc1ccc(-c2nc(-c3ccccc3F)no2)cn1. The zero-order valence-electron chi connectivity index (χ0n) is 14.2. The summed E-state index contributed by atoms with van der Waals surface area (Å²) >= 11 is 0. The van der Waals surface area contributed by atoms with Crippen LogP contribution in [0.4, 0.5) is 10.2 Å². The van der Waals surface area contributed by atoms with E-state index in [-0.39, 0.29) is 23.9 Å². The van der Waals surface area contributed by atoms with Crippen LogP contribution in [0.3, 0.4) is 0 Å². The van der Waals surface area contributed by atoms with E-state index in [0.717, 1.165) is 0 Å².